The van der Waals surface area contributed by atoms with Crippen molar-refractivity contribution in [3.8, 4) is 0 Å². The summed E-state index contributed by atoms with van der Waals surface area (Å²) in [5, 5.41) is 5.36. The van der Waals surface area contributed by atoms with Gasteiger partial charge in [0.15, 0.2) is 0 Å². The van der Waals surface area contributed by atoms with E-state index >= 15 is 0 Å². The van der Waals surface area contributed by atoms with Crippen molar-refractivity contribution < 1.29 is 14.0 Å². The molecule has 0 aliphatic heterocycles. The Labute approximate surface area is 155 Å². The topological polar surface area (TPSA) is 58.2 Å². The highest BCUT2D eigenvalue weighted by molar-refractivity contribution is 8.00. The molecule has 0 radical (unpaired) electrons. The van der Waals surface area contributed by atoms with Crippen molar-refractivity contribution in [1.82, 2.24) is 5.32 Å². The molecular formula is C18H18ClFN2O2S. The summed E-state index contributed by atoms with van der Waals surface area (Å²) in [6, 6.07) is 11.8. The highest BCUT2D eigenvalue weighted by Gasteiger charge is 2.09. The van der Waals surface area contributed by atoms with Gasteiger partial charge in [-0.3, -0.25) is 9.59 Å². The third-order valence-corrected chi connectivity index (χ3v) is 4.66. The van der Waals surface area contributed by atoms with Crippen LogP contribution in [-0.4, -0.2) is 24.1 Å². The lowest BCUT2D eigenvalue weighted by Gasteiger charge is -2.10. The first-order valence-electron chi connectivity index (χ1n) is 7.72. The SMILES string of the molecule is CCc1ccccc1NC(=O)CNC(=O)CSc1ccc(F)c(Cl)c1. The molecule has 2 amide bonds. The molecule has 0 atom stereocenters. The van der Waals surface area contributed by atoms with Gasteiger partial charge in [-0.15, -0.1) is 11.8 Å². The van der Waals surface area contributed by atoms with Gasteiger partial charge in [0, 0.05) is 10.6 Å². The summed E-state index contributed by atoms with van der Waals surface area (Å²) in [7, 11) is 0. The van der Waals surface area contributed by atoms with Gasteiger partial charge < -0.3 is 10.6 Å². The Morgan fingerprint density at radius 1 is 1.16 bits per heavy atom. The van der Waals surface area contributed by atoms with Crippen LogP contribution in [0.2, 0.25) is 5.02 Å². The van der Waals surface area contributed by atoms with Crippen LogP contribution in [0.25, 0.3) is 0 Å². The third kappa shape index (κ3) is 6.07. The minimum absolute atomic E-state index is 0.0133. The number of rotatable bonds is 7. The van der Waals surface area contributed by atoms with Crippen LogP contribution >= 0.6 is 23.4 Å². The molecule has 0 aromatic heterocycles. The van der Waals surface area contributed by atoms with Gasteiger partial charge in [0.05, 0.1) is 17.3 Å². The number of carbonyl (C=O) groups is 2. The molecular weight excluding hydrogens is 363 g/mol. The summed E-state index contributed by atoms with van der Waals surface area (Å²) >= 11 is 6.91. The van der Waals surface area contributed by atoms with Crippen molar-refractivity contribution in [1.29, 1.82) is 0 Å². The molecule has 0 spiro atoms. The molecule has 2 N–H and O–H groups in total. The normalized spacial score (nSPS) is 10.4. The number of aryl methyl sites for hydroxylation is 1. The fourth-order valence-corrected chi connectivity index (χ4v) is 3.10. The van der Waals surface area contributed by atoms with E-state index in [2.05, 4.69) is 10.6 Å². The van der Waals surface area contributed by atoms with Crippen molar-refractivity contribution in [2.75, 3.05) is 17.6 Å². The van der Waals surface area contributed by atoms with E-state index in [0.29, 0.717) is 4.90 Å². The Hall–Kier alpha value is -2.05. The van der Waals surface area contributed by atoms with Gasteiger partial charge in [0.2, 0.25) is 11.8 Å². The van der Waals surface area contributed by atoms with Gasteiger partial charge >= 0.3 is 0 Å². The molecule has 0 saturated carbocycles. The first-order chi connectivity index (χ1) is 12.0. The Bertz CT molecular complexity index is 770. The van der Waals surface area contributed by atoms with E-state index in [1.807, 2.05) is 31.2 Å². The maximum absolute atomic E-state index is 13.1. The van der Waals surface area contributed by atoms with E-state index in [0.717, 1.165) is 17.7 Å². The highest BCUT2D eigenvalue weighted by Crippen LogP contribution is 2.23. The molecule has 0 saturated heterocycles. The van der Waals surface area contributed by atoms with Gasteiger partial charge in [-0.2, -0.15) is 0 Å². The molecule has 0 unspecified atom stereocenters. The van der Waals surface area contributed by atoms with E-state index in [9.17, 15) is 14.0 Å². The molecule has 132 valence electrons. The van der Waals surface area contributed by atoms with Gasteiger partial charge in [-0.1, -0.05) is 36.7 Å². The van der Waals surface area contributed by atoms with Crippen molar-refractivity contribution in [3.05, 3.63) is 58.9 Å². The number of hydrogen-bond acceptors (Lipinski definition) is 3. The molecule has 2 rings (SSSR count). The van der Waals surface area contributed by atoms with Crippen LogP contribution in [0.1, 0.15) is 12.5 Å². The average molecular weight is 381 g/mol. The second kappa shape index (κ2) is 9.44. The lowest BCUT2D eigenvalue weighted by atomic mass is 10.1. The zero-order valence-electron chi connectivity index (χ0n) is 13.6. The molecule has 4 nitrogen and oxygen atoms in total. The fraction of sp³-hybridized carbons (Fsp3) is 0.222. The molecule has 0 bridgehead atoms. The Morgan fingerprint density at radius 2 is 1.92 bits per heavy atom. The number of hydrogen-bond donors (Lipinski definition) is 2. The van der Waals surface area contributed by atoms with Crippen LogP contribution in [0.5, 0.6) is 0 Å². The molecule has 7 heteroatoms. The fourth-order valence-electron chi connectivity index (χ4n) is 2.09. The monoisotopic (exact) mass is 380 g/mol. The molecule has 0 aliphatic carbocycles. The standard InChI is InChI=1S/C18H18ClFN2O2S/c1-2-12-5-3-4-6-16(12)22-17(23)10-21-18(24)11-25-13-7-8-15(20)14(19)9-13/h3-9H,2,10-11H2,1H3,(H,21,24)(H,22,23). The summed E-state index contributed by atoms with van der Waals surface area (Å²) in [4.78, 5) is 24.5. The third-order valence-electron chi connectivity index (χ3n) is 3.38. The number of anilines is 1. The lowest BCUT2D eigenvalue weighted by molar-refractivity contribution is -0.122. The van der Waals surface area contributed by atoms with Crippen LogP contribution in [0.15, 0.2) is 47.4 Å². The number of amides is 2. The number of nitrogens with one attached hydrogen (secondary N) is 2. The second-order valence-corrected chi connectivity index (χ2v) is 6.66. The van der Waals surface area contributed by atoms with E-state index in [-0.39, 0.29) is 29.1 Å². The first-order valence-corrected chi connectivity index (χ1v) is 9.08. The van der Waals surface area contributed by atoms with Crippen LogP contribution < -0.4 is 10.6 Å². The summed E-state index contributed by atoms with van der Waals surface area (Å²) in [6.45, 7) is 1.90. The van der Waals surface area contributed by atoms with Crippen LogP contribution in [0, 0.1) is 5.82 Å². The van der Waals surface area contributed by atoms with E-state index in [4.69, 9.17) is 11.6 Å². The lowest BCUT2D eigenvalue weighted by Crippen LogP contribution is -2.34. The molecule has 2 aromatic carbocycles. The van der Waals surface area contributed by atoms with E-state index < -0.39 is 5.82 Å². The van der Waals surface area contributed by atoms with Crippen LogP contribution in [0.4, 0.5) is 10.1 Å². The molecule has 0 aliphatic rings. The number of halogens is 2. The summed E-state index contributed by atoms with van der Waals surface area (Å²) in [5.74, 6) is -0.964. The Morgan fingerprint density at radius 3 is 2.64 bits per heavy atom. The van der Waals surface area contributed by atoms with Gasteiger partial charge in [0.1, 0.15) is 5.82 Å². The maximum Gasteiger partial charge on any atom is 0.243 e. The summed E-state index contributed by atoms with van der Waals surface area (Å²) in [5.41, 5.74) is 1.78. The van der Waals surface area contributed by atoms with E-state index in [1.165, 1.54) is 23.9 Å². The summed E-state index contributed by atoms with van der Waals surface area (Å²) < 4.78 is 13.1. The van der Waals surface area contributed by atoms with Gasteiger partial charge in [-0.05, 0) is 36.2 Å². The highest BCUT2D eigenvalue weighted by atomic mass is 35.5. The van der Waals surface area contributed by atoms with Gasteiger partial charge in [0.25, 0.3) is 0 Å². The zero-order chi connectivity index (χ0) is 18.2. The number of thioether (sulfide) groups is 1. The van der Waals surface area contributed by atoms with Crippen molar-refractivity contribution in [2.24, 2.45) is 0 Å². The number of para-hydroxylation sites is 1. The molecule has 0 heterocycles. The first kappa shape index (κ1) is 19.3. The Kier molecular flexibility index (Phi) is 7.28. The minimum Gasteiger partial charge on any atom is -0.346 e. The number of benzene rings is 2. The quantitative estimate of drug-likeness (QED) is 0.716. The smallest absolute Gasteiger partial charge is 0.243 e. The van der Waals surface area contributed by atoms with Crippen molar-refractivity contribution in [2.45, 2.75) is 18.2 Å². The van der Waals surface area contributed by atoms with Gasteiger partial charge in [-0.25, -0.2) is 4.39 Å². The zero-order valence-corrected chi connectivity index (χ0v) is 15.2. The second-order valence-electron chi connectivity index (χ2n) is 5.20. The maximum atomic E-state index is 13.1. The molecule has 25 heavy (non-hydrogen) atoms. The molecule has 0 fully saturated rings. The summed E-state index contributed by atoms with van der Waals surface area (Å²) in [6.07, 6.45) is 0.805. The van der Waals surface area contributed by atoms with Crippen molar-refractivity contribution >= 4 is 40.9 Å². The van der Waals surface area contributed by atoms with Crippen LogP contribution in [-0.2, 0) is 16.0 Å². The predicted molar refractivity (Wildman–Crippen MR) is 99.6 cm³/mol. The van der Waals surface area contributed by atoms with Crippen molar-refractivity contribution in [3.63, 3.8) is 0 Å². The predicted octanol–water partition coefficient (Wildman–Crippen LogP) is 3.89. The van der Waals surface area contributed by atoms with Crippen LogP contribution in [0.3, 0.4) is 0 Å². The molecule has 2 aromatic rings. The average Bonchev–Trinajstić information content (AvgIpc) is 2.61. The number of carbonyl (C=O) groups excluding carboxylic acids is 2. The minimum atomic E-state index is -0.500. The Balaban J connectivity index is 1.77. The van der Waals surface area contributed by atoms with E-state index in [1.54, 1.807) is 6.07 Å². The largest absolute Gasteiger partial charge is 0.346 e.